The maximum Gasteiger partial charge on any atom is 0.338 e. The van der Waals surface area contributed by atoms with Crippen molar-refractivity contribution in [2.75, 3.05) is 12.3 Å². The number of carbonyl (C=O) groups is 2. The van der Waals surface area contributed by atoms with Gasteiger partial charge in [0.2, 0.25) is 0 Å². The second kappa shape index (κ2) is 9.17. The molecular formula is C22H20BrN5O5. The second-order valence-corrected chi connectivity index (χ2v) is 8.32. The number of anilines is 1. The van der Waals surface area contributed by atoms with Crippen LogP contribution in [0.4, 0.5) is 5.82 Å². The first-order valence-corrected chi connectivity index (χ1v) is 10.9. The smallest absolute Gasteiger partial charge is 0.338 e. The molecule has 1 aliphatic heterocycles. The van der Waals surface area contributed by atoms with Gasteiger partial charge < -0.3 is 19.9 Å². The average Bonchev–Trinajstić information content (AvgIpc) is 3.26. The molecule has 33 heavy (non-hydrogen) atoms. The summed E-state index contributed by atoms with van der Waals surface area (Å²) in [5, 5.41) is 10.0. The molecule has 11 heteroatoms. The highest BCUT2D eigenvalue weighted by atomic mass is 79.9. The highest BCUT2D eigenvalue weighted by molar-refractivity contribution is 9.10. The molecule has 0 bridgehead atoms. The fourth-order valence-corrected chi connectivity index (χ4v) is 4.54. The number of halogens is 1. The number of rotatable bonds is 5. The van der Waals surface area contributed by atoms with Crippen LogP contribution in [-0.4, -0.2) is 45.3 Å². The third-order valence-electron chi connectivity index (χ3n) is 5.51. The Kier molecular flexibility index (Phi) is 6.31. The number of nitrogens with zero attached hydrogens (tertiary/aromatic N) is 4. The quantitative estimate of drug-likeness (QED) is 0.509. The van der Waals surface area contributed by atoms with Crippen LogP contribution in [-0.2, 0) is 19.0 Å². The van der Waals surface area contributed by atoms with Crippen molar-refractivity contribution in [2.45, 2.75) is 32.3 Å². The van der Waals surface area contributed by atoms with Gasteiger partial charge in [-0.25, -0.2) is 14.8 Å². The molecule has 0 spiro atoms. The maximum atomic E-state index is 12.4. The van der Waals surface area contributed by atoms with E-state index in [4.69, 9.17) is 19.9 Å². The molecule has 0 aliphatic carbocycles. The molecule has 0 amide bonds. The summed E-state index contributed by atoms with van der Waals surface area (Å²) in [5.74, 6) is -1.18. The van der Waals surface area contributed by atoms with Gasteiger partial charge in [-0.2, -0.15) is 5.26 Å². The van der Waals surface area contributed by atoms with Crippen molar-refractivity contribution in [3.63, 3.8) is 0 Å². The van der Waals surface area contributed by atoms with Crippen LogP contribution in [0.25, 0.3) is 11.0 Å². The monoisotopic (exact) mass is 513 g/mol. The zero-order valence-corrected chi connectivity index (χ0v) is 19.4. The van der Waals surface area contributed by atoms with Gasteiger partial charge in [0.25, 0.3) is 0 Å². The topological polar surface area (TPSA) is 142 Å². The van der Waals surface area contributed by atoms with E-state index in [-0.39, 0.29) is 23.9 Å². The summed E-state index contributed by atoms with van der Waals surface area (Å²) in [7, 11) is 0. The number of hydrogen-bond donors (Lipinski definition) is 1. The SMILES string of the molecule is CC(=O)O[C@@H]1[C@H](C)[C@@H](COC(=O)c2ccccc2)O[C@H]1n1c(Br)c(C#N)c2c(N)ncnc21. The van der Waals surface area contributed by atoms with Gasteiger partial charge in [0.05, 0.1) is 16.5 Å². The Morgan fingerprint density at radius 1 is 1.30 bits per heavy atom. The number of nitriles is 1. The summed E-state index contributed by atoms with van der Waals surface area (Å²) in [5.41, 5.74) is 7.00. The van der Waals surface area contributed by atoms with Crippen molar-refractivity contribution < 1.29 is 23.8 Å². The molecular weight excluding hydrogens is 494 g/mol. The Labute approximate surface area is 197 Å². The number of ether oxygens (including phenoxy) is 3. The molecule has 170 valence electrons. The molecule has 1 saturated heterocycles. The van der Waals surface area contributed by atoms with Crippen molar-refractivity contribution in [1.29, 1.82) is 5.26 Å². The molecule has 4 atom stereocenters. The van der Waals surface area contributed by atoms with E-state index < -0.39 is 30.4 Å². The number of benzene rings is 1. The fraction of sp³-hybridized carbons (Fsp3) is 0.318. The predicted molar refractivity (Wildman–Crippen MR) is 120 cm³/mol. The second-order valence-electron chi connectivity index (χ2n) is 7.57. The zero-order chi connectivity index (χ0) is 23.7. The van der Waals surface area contributed by atoms with E-state index in [1.165, 1.54) is 13.3 Å². The summed E-state index contributed by atoms with van der Waals surface area (Å²) in [6.07, 6.45) is -0.892. The normalized spacial score (nSPS) is 22.1. The molecule has 1 aromatic carbocycles. The summed E-state index contributed by atoms with van der Waals surface area (Å²) >= 11 is 3.44. The van der Waals surface area contributed by atoms with Crippen LogP contribution in [0, 0.1) is 17.2 Å². The standard InChI is InChI=1S/C22H20BrN5O5/c1-11-15(9-31-22(30)13-6-4-3-5-7-13)33-21(17(11)32-12(2)29)28-18(23)14(8-24)16-19(25)26-10-27-20(16)28/h3-7,10-11,15,17,21H,9H2,1-2H3,(H2,25,26,27)/t11-,15-,17-,21-/m1/s1. The third-order valence-corrected chi connectivity index (χ3v) is 6.29. The van der Waals surface area contributed by atoms with Crippen molar-refractivity contribution in [3.05, 3.63) is 52.4 Å². The Morgan fingerprint density at radius 2 is 2.03 bits per heavy atom. The summed E-state index contributed by atoms with van der Waals surface area (Å²) in [6, 6.07) is 10.7. The van der Waals surface area contributed by atoms with Crippen molar-refractivity contribution in [2.24, 2.45) is 5.92 Å². The molecule has 0 radical (unpaired) electrons. The van der Waals surface area contributed by atoms with Crippen molar-refractivity contribution >= 4 is 44.7 Å². The van der Waals surface area contributed by atoms with Crippen molar-refractivity contribution in [1.82, 2.24) is 14.5 Å². The van der Waals surface area contributed by atoms with Gasteiger partial charge in [0.1, 0.15) is 41.2 Å². The number of nitrogen functional groups attached to an aromatic ring is 1. The first-order chi connectivity index (χ1) is 15.8. The Hall–Kier alpha value is -3.49. The predicted octanol–water partition coefficient (Wildman–Crippen LogP) is 2.97. The summed E-state index contributed by atoms with van der Waals surface area (Å²) in [4.78, 5) is 32.5. The van der Waals surface area contributed by atoms with Gasteiger partial charge in [-0.1, -0.05) is 25.1 Å². The minimum absolute atomic E-state index is 0.0534. The molecule has 10 nitrogen and oxygen atoms in total. The van der Waals surface area contributed by atoms with E-state index in [1.807, 2.05) is 6.92 Å². The van der Waals surface area contributed by atoms with Crippen LogP contribution >= 0.6 is 15.9 Å². The summed E-state index contributed by atoms with van der Waals surface area (Å²) < 4.78 is 19.2. The molecule has 0 unspecified atom stereocenters. The highest BCUT2D eigenvalue weighted by Gasteiger charge is 2.47. The van der Waals surface area contributed by atoms with Gasteiger partial charge in [0.15, 0.2) is 12.3 Å². The number of carbonyl (C=O) groups excluding carboxylic acids is 2. The number of aromatic nitrogens is 3. The van der Waals surface area contributed by atoms with Crippen LogP contribution < -0.4 is 5.73 Å². The Balaban J connectivity index is 1.67. The van der Waals surface area contributed by atoms with Gasteiger partial charge in [-0.15, -0.1) is 0 Å². The van der Waals surface area contributed by atoms with E-state index in [1.54, 1.807) is 34.9 Å². The van der Waals surface area contributed by atoms with Crippen LogP contribution in [0.15, 0.2) is 41.3 Å². The first kappa shape index (κ1) is 22.7. The summed E-state index contributed by atoms with van der Waals surface area (Å²) in [6.45, 7) is 3.08. The van der Waals surface area contributed by atoms with E-state index in [0.29, 0.717) is 21.2 Å². The molecule has 1 fully saturated rings. The minimum atomic E-state index is -0.849. The lowest BCUT2D eigenvalue weighted by atomic mass is 10.0. The molecule has 0 saturated carbocycles. The number of fused-ring (bicyclic) bond motifs is 1. The minimum Gasteiger partial charge on any atom is -0.459 e. The lowest BCUT2D eigenvalue weighted by Gasteiger charge is -2.23. The molecule has 4 rings (SSSR count). The first-order valence-electron chi connectivity index (χ1n) is 10.1. The van der Waals surface area contributed by atoms with Crippen LogP contribution in [0.3, 0.4) is 0 Å². The Bertz CT molecular complexity index is 1260. The average molecular weight is 514 g/mol. The van der Waals surface area contributed by atoms with Gasteiger partial charge in [0, 0.05) is 12.8 Å². The van der Waals surface area contributed by atoms with Crippen molar-refractivity contribution in [3.8, 4) is 6.07 Å². The van der Waals surface area contributed by atoms with Gasteiger partial charge >= 0.3 is 11.9 Å². The van der Waals surface area contributed by atoms with Gasteiger partial charge in [-0.05, 0) is 28.1 Å². The number of nitrogens with two attached hydrogens (primary N) is 1. The third kappa shape index (κ3) is 4.15. The maximum absolute atomic E-state index is 12.4. The Morgan fingerprint density at radius 3 is 2.70 bits per heavy atom. The lowest BCUT2D eigenvalue weighted by Crippen LogP contribution is -2.31. The van der Waals surface area contributed by atoms with Crippen LogP contribution in [0.5, 0.6) is 0 Å². The van der Waals surface area contributed by atoms with E-state index in [9.17, 15) is 14.9 Å². The van der Waals surface area contributed by atoms with E-state index in [0.717, 1.165) is 0 Å². The van der Waals surface area contributed by atoms with Gasteiger partial charge in [-0.3, -0.25) is 9.36 Å². The molecule has 3 aromatic rings. The molecule has 2 N–H and O–H groups in total. The number of hydrogen-bond acceptors (Lipinski definition) is 9. The van der Waals surface area contributed by atoms with Crippen LogP contribution in [0.2, 0.25) is 0 Å². The van der Waals surface area contributed by atoms with E-state index >= 15 is 0 Å². The molecule has 1 aliphatic rings. The highest BCUT2D eigenvalue weighted by Crippen LogP contribution is 2.42. The lowest BCUT2D eigenvalue weighted by molar-refractivity contribution is -0.153. The largest absolute Gasteiger partial charge is 0.459 e. The molecule has 3 heterocycles. The van der Waals surface area contributed by atoms with E-state index in [2.05, 4.69) is 32.0 Å². The number of esters is 2. The van der Waals surface area contributed by atoms with Crippen LogP contribution in [0.1, 0.15) is 36.0 Å². The molecule has 2 aromatic heterocycles. The fourth-order valence-electron chi connectivity index (χ4n) is 3.89. The zero-order valence-electron chi connectivity index (χ0n) is 17.8.